The summed E-state index contributed by atoms with van der Waals surface area (Å²) in [4.78, 5) is 12.3. The van der Waals surface area contributed by atoms with Crippen LogP contribution < -0.4 is 14.8 Å². The molecule has 0 spiro atoms. The fourth-order valence-electron chi connectivity index (χ4n) is 2.34. The predicted molar refractivity (Wildman–Crippen MR) is 86.2 cm³/mol. The van der Waals surface area contributed by atoms with Crippen molar-refractivity contribution in [2.45, 2.75) is 6.18 Å². The van der Waals surface area contributed by atoms with Gasteiger partial charge in [-0.15, -0.1) is 0 Å². The maximum Gasteiger partial charge on any atom is 0.416 e. The molecule has 132 valence electrons. The molecule has 0 unspecified atom stereocenters. The number of alkyl halides is 3. The van der Waals surface area contributed by atoms with Crippen LogP contribution in [0.4, 0.5) is 18.9 Å². The first-order chi connectivity index (χ1) is 12.4. The van der Waals surface area contributed by atoms with Crippen molar-refractivity contribution in [1.82, 2.24) is 0 Å². The SMILES string of the molecule is N#C/C(=C\c1cccc2c1OCO2)C(=O)Nc1cccc(C(F)(F)F)c1. The number of halogens is 3. The third-order valence-electron chi connectivity index (χ3n) is 3.54. The minimum atomic E-state index is -4.53. The zero-order valence-corrected chi connectivity index (χ0v) is 13.1. The number of carbonyl (C=O) groups excluding carboxylic acids is 1. The van der Waals surface area contributed by atoms with Crippen molar-refractivity contribution in [3.63, 3.8) is 0 Å². The summed E-state index contributed by atoms with van der Waals surface area (Å²) in [5, 5.41) is 11.5. The number of hydrogen-bond donors (Lipinski definition) is 1. The molecule has 0 aromatic heterocycles. The zero-order valence-electron chi connectivity index (χ0n) is 13.1. The lowest BCUT2D eigenvalue weighted by atomic mass is 10.1. The molecular formula is C18H11F3N2O3. The number of para-hydroxylation sites is 1. The first kappa shape index (κ1) is 17.4. The number of nitrogens with zero attached hydrogens (tertiary/aromatic N) is 1. The van der Waals surface area contributed by atoms with Gasteiger partial charge < -0.3 is 14.8 Å². The molecule has 1 N–H and O–H groups in total. The smallest absolute Gasteiger partial charge is 0.416 e. The van der Waals surface area contributed by atoms with Crippen LogP contribution in [0.2, 0.25) is 0 Å². The van der Waals surface area contributed by atoms with Gasteiger partial charge in [0.05, 0.1) is 5.56 Å². The van der Waals surface area contributed by atoms with Gasteiger partial charge in [0, 0.05) is 11.3 Å². The Labute approximate surface area is 146 Å². The Kier molecular flexibility index (Phi) is 4.54. The van der Waals surface area contributed by atoms with Gasteiger partial charge in [0.15, 0.2) is 11.5 Å². The third-order valence-corrected chi connectivity index (χ3v) is 3.54. The highest BCUT2D eigenvalue weighted by Crippen LogP contribution is 2.36. The minimum absolute atomic E-state index is 0.0263. The van der Waals surface area contributed by atoms with E-state index in [9.17, 15) is 23.2 Å². The number of nitriles is 1. The molecule has 1 heterocycles. The van der Waals surface area contributed by atoms with E-state index in [4.69, 9.17) is 9.47 Å². The third kappa shape index (κ3) is 3.62. The average molecular weight is 360 g/mol. The largest absolute Gasteiger partial charge is 0.454 e. The van der Waals surface area contributed by atoms with Gasteiger partial charge in [0.1, 0.15) is 11.6 Å². The van der Waals surface area contributed by atoms with Crippen LogP contribution in [0.3, 0.4) is 0 Å². The lowest BCUT2D eigenvalue weighted by Gasteiger charge is -2.09. The molecule has 8 heteroatoms. The number of benzene rings is 2. The highest BCUT2D eigenvalue weighted by molar-refractivity contribution is 6.09. The molecular weight excluding hydrogens is 349 g/mol. The Balaban J connectivity index is 1.85. The number of amides is 1. The number of anilines is 1. The van der Waals surface area contributed by atoms with E-state index in [1.807, 2.05) is 0 Å². The van der Waals surface area contributed by atoms with Gasteiger partial charge in [-0.3, -0.25) is 4.79 Å². The summed E-state index contributed by atoms with van der Waals surface area (Å²) in [5.41, 5.74) is -0.796. The lowest BCUT2D eigenvalue weighted by Crippen LogP contribution is -2.14. The summed E-state index contributed by atoms with van der Waals surface area (Å²) >= 11 is 0. The van der Waals surface area contributed by atoms with Crippen molar-refractivity contribution < 1.29 is 27.4 Å². The van der Waals surface area contributed by atoms with Gasteiger partial charge in [-0.1, -0.05) is 18.2 Å². The van der Waals surface area contributed by atoms with Crippen molar-refractivity contribution in [1.29, 1.82) is 5.26 Å². The summed E-state index contributed by atoms with van der Waals surface area (Å²) in [6.45, 7) is 0.0263. The van der Waals surface area contributed by atoms with Crippen LogP contribution in [-0.4, -0.2) is 12.7 Å². The molecule has 0 saturated carbocycles. The zero-order chi connectivity index (χ0) is 18.7. The number of ether oxygens (including phenoxy) is 2. The number of carbonyl (C=O) groups is 1. The molecule has 2 aromatic rings. The Morgan fingerprint density at radius 2 is 1.96 bits per heavy atom. The fraction of sp³-hybridized carbons (Fsp3) is 0.111. The Bertz CT molecular complexity index is 930. The average Bonchev–Trinajstić information content (AvgIpc) is 3.08. The van der Waals surface area contributed by atoms with Crippen molar-refractivity contribution in [3.8, 4) is 17.6 Å². The number of rotatable bonds is 3. The van der Waals surface area contributed by atoms with Gasteiger partial charge in [0.25, 0.3) is 5.91 Å². The fourth-order valence-corrected chi connectivity index (χ4v) is 2.34. The molecule has 0 radical (unpaired) electrons. The molecule has 1 aliphatic heterocycles. The van der Waals surface area contributed by atoms with Crippen LogP contribution in [0.15, 0.2) is 48.0 Å². The summed E-state index contributed by atoms with van der Waals surface area (Å²) in [5.74, 6) is 0.0461. The molecule has 1 amide bonds. The topological polar surface area (TPSA) is 71.3 Å². The van der Waals surface area contributed by atoms with Gasteiger partial charge in [-0.2, -0.15) is 18.4 Å². The van der Waals surface area contributed by atoms with E-state index < -0.39 is 17.6 Å². The van der Waals surface area contributed by atoms with Crippen LogP contribution in [0.25, 0.3) is 6.08 Å². The molecule has 0 bridgehead atoms. The molecule has 2 aromatic carbocycles. The van der Waals surface area contributed by atoms with E-state index in [2.05, 4.69) is 5.32 Å². The van der Waals surface area contributed by atoms with Crippen molar-refractivity contribution in [2.24, 2.45) is 0 Å². The van der Waals surface area contributed by atoms with E-state index in [-0.39, 0.29) is 18.1 Å². The molecule has 1 aliphatic rings. The summed E-state index contributed by atoms with van der Waals surface area (Å²) in [7, 11) is 0. The van der Waals surface area contributed by atoms with E-state index in [0.29, 0.717) is 17.1 Å². The summed E-state index contributed by atoms with van der Waals surface area (Å²) in [6.07, 6.45) is -3.24. The first-order valence-electron chi connectivity index (χ1n) is 7.37. The van der Waals surface area contributed by atoms with Crippen LogP contribution in [0.5, 0.6) is 11.5 Å². The second-order valence-electron chi connectivity index (χ2n) is 5.28. The van der Waals surface area contributed by atoms with E-state index >= 15 is 0 Å². The highest BCUT2D eigenvalue weighted by atomic mass is 19.4. The molecule has 5 nitrogen and oxygen atoms in total. The molecule has 0 atom stereocenters. The standard InChI is InChI=1S/C18H11F3N2O3/c19-18(20,21)13-4-2-5-14(8-13)23-17(24)12(9-22)7-11-3-1-6-15-16(11)26-10-25-15/h1-8H,10H2,(H,23,24)/b12-7+. The highest BCUT2D eigenvalue weighted by Gasteiger charge is 2.30. The predicted octanol–water partition coefficient (Wildman–Crippen LogP) is 3.98. The Morgan fingerprint density at radius 1 is 1.19 bits per heavy atom. The van der Waals surface area contributed by atoms with Gasteiger partial charge in [0.2, 0.25) is 6.79 Å². The normalized spacial score (nSPS) is 13.2. The van der Waals surface area contributed by atoms with Crippen molar-refractivity contribution in [3.05, 3.63) is 59.2 Å². The second-order valence-corrected chi connectivity index (χ2v) is 5.28. The van der Waals surface area contributed by atoms with Crippen LogP contribution in [-0.2, 0) is 11.0 Å². The van der Waals surface area contributed by atoms with Crippen LogP contribution >= 0.6 is 0 Å². The lowest BCUT2D eigenvalue weighted by molar-refractivity contribution is -0.137. The molecule has 3 rings (SSSR count). The number of fused-ring (bicyclic) bond motifs is 1. The van der Waals surface area contributed by atoms with Crippen molar-refractivity contribution in [2.75, 3.05) is 12.1 Å². The maximum atomic E-state index is 12.7. The van der Waals surface area contributed by atoms with E-state index in [1.54, 1.807) is 24.3 Å². The second kappa shape index (κ2) is 6.80. The monoisotopic (exact) mass is 360 g/mol. The molecule has 26 heavy (non-hydrogen) atoms. The first-order valence-corrected chi connectivity index (χ1v) is 7.37. The van der Waals surface area contributed by atoms with Crippen molar-refractivity contribution >= 4 is 17.7 Å². The number of hydrogen-bond acceptors (Lipinski definition) is 4. The summed E-state index contributed by atoms with van der Waals surface area (Å²) in [6, 6.07) is 10.9. The van der Waals surface area contributed by atoms with Crippen LogP contribution in [0.1, 0.15) is 11.1 Å². The summed E-state index contributed by atoms with van der Waals surface area (Å²) < 4.78 is 48.7. The molecule has 0 fully saturated rings. The minimum Gasteiger partial charge on any atom is -0.454 e. The Hall–Kier alpha value is -3.47. The van der Waals surface area contributed by atoms with E-state index in [1.165, 1.54) is 18.2 Å². The van der Waals surface area contributed by atoms with Gasteiger partial charge in [-0.05, 0) is 30.3 Å². The molecule has 0 aliphatic carbocycles. The Morgan fingerprint density at radius 3 is 2.69 bits per heavy atom. The van der Waals surface area contributed by atoms with Gasteiger partial charge >= 0.3 is 6.18 Å². The number of nitrogens with one attached hydrogen (secondary N) is 1. The van der Waals surface area contributed by atoms with E-state index in [0.717, 1.165) is 12.1 Å². The molecule has 0 saturated heterocycles. The maximum absolute atomic E-state index is 12.7. The quantitative estimate of drug-likeness (QED) is 0.664. The van der Waals surface area contributed by atoms with Gasteiger partial charge in [-0.25, -0.2) is 0 Å². The van der Waals surface area contributed by atoms with Crippen LogP contribution in [0, 0.1) is 11.3 Å².